The number of aromatic hydroxyl groups is 1. The number of phenolic OH excluding ortho intramolecular Hbond substituents is 1. The first-order valence-corrected chi connectivity index (χ1v) is 5.24. The maximum atomic E-state index is 9.84. The molecule has 0 amide bonds. The van der Waals surface area contributed by atoms with Gasteiger partial charge in [0.15, 0.2) is 11.5 Å². The highest BCUT2D eigenvalue weighted by atomic mass is 16.5. The van der Waals surface area contributed by atoms with Crippen LogP contribution in [0.25, 0.3) is 0 Å². The second kappa shape index (κ2) is 3.74. The van der Waals surface area contributed by atoms with Gasteiger partial charge in [-0.05, 0) is 25.8 Å². The van der Waals surface area contributed by atoms with E-state index in [-0.39, 0.29) is 11.3 Å². The van der Waals surface area contributed by atoms with Gasteiger partial charge >= 0.3 is 0 Å². The molecule has 1 aromatic carbocycles. The van der Waals surface area contributed by atoms with Gasteiger partial charge in [-0.15, -0.1) is 0 Å². The Balaban J connectivity index is 2.07. The molecule has 1 saturated carbocycles. The first kappa shape index (κ1) is 10.3. The van der Waals surface area contributed by atoms with Crippen LogP contribution in [0.4, 0.5) is 0 Å². The van der Waals surface area contributed by atoms with Crippen molar-refractivity contribution in [3.63, 3.8) is 0 Å². The summed E-state index contributed by atoms with van der Waals surface area (Å²) in [5, 5.41) is 13.3. The smallest absolute Gasteiger partial charge is 0.162 e. The zero-order chi connectivity index (χ0) is 10.9. The van der Waals surface area contributed by atoms with E-state index in [1.54, 1.807) is 13.2 Å². The van der Waals surface area contributed by atoms with Crippen molar-refractivity contribution in [1.29, 1.82) is 0 Å². The third-order valence-electron chi connectivity index (χ3n) is 3.01. The lowest BCUT2D eigenvalue weighted by Gasteiger charge is -2.13. The van der Waals surface area contributed by atoms with E-state index in [0.29, 0.717) is 12.3 Å². The van der Waals surface area contributed by atoms with Crippen molar-refractivity contribution in [2.45, 2.75) is 31.8 Å². The molecule has 0 aromatic heterocycles. The third kappa shape index (κ3) is 2.23. The molecule has 0 spiro atoms. The largest absolute Gasteiger partial charge is 0.504 e. The highest BCUT2D eigenvalue weighted by Gasteiger charge is 2.36. The van der Waals surface area contributed by atoms with Crippen LogP contribution in [0.3, 0.4) is 0 Å². The van der Waals surface area contributed by atoms with Crippen LogP contribution >= 0.6 is 0 Å². The van der Waals surface area contributed by atoms with Gasteiger partial charge in [-0.25, -0.2) is 0 Å². The van der Waals surface area contributed by atoms with Crippen LogP contribution in [-0.2, 0) is 6.54 Å². The number of rotatable bonds is 4. The van der Waals surface area contributed by atoms with Crippen molar-refractivity contribution in [1.82, 2.24) is 5.32 Å². The summed E-state index contributed by atoms with van der Waals surface area (Å²) >= 11 is 0. The molecule has 0 atom stereocenters. The number of hydrogen-bond donors (Lipinski definition) is 2. The number of phenols is 1. The maximum absolute atomic E-state index is 9.84. The fraction of sp³-hybridized carbons (Fsp3) is 0.500. The summed E-state index contributed by atoms with van der Waals surface area (Å²) in [6.45, 7) is 2.89. The first-order valence-electron chi connectivity index (χ1n) is 5.24. The highest BCUT2D eigenvalue weighted by Crippen LogP contribution is 2.36. The van der Waals surface area contributed by atoms with Gasteiger partial charge in [-0.1, -0.05) is 12.1 Å². The number of nitrogens with one attached hydrogen (secondary N) is 1. The van der Waals surface area contributed by atoms with Crippen LogP contribution in [0.15, 0.2) is 18.2 Å². The van der Waals surface area contributed by atoms with Crippen LogP contribution in [0.5, 0.6) is 11.5 Å². The van der Waals surface area contributed by atoms with Crippen LogP contribution < -0.4 is 10.1 Å². The quantitative estimate of drug-likeness (QED) is 0.794. The van der Waals surface area contributed by atoms with Crippen molar-refractivity contribution in [3.05, 3.63) is 23.8 Å². The molecule has 2 rings (SSSR count). The number of para-hydroxylation sites is 1. The van der Waals surface area contributed by atoms with Crippen molar-refractivity contribution in [3.8, 4) is 11.5 Å². The van der Waals surface area contributed by atoms with E-state index in [9.17, 15) is 5.11 Å². The van der Waals surface area contributed by atoms with Crippen molar-refractivity contribution in [2.75, 3.05) is 7.11 Å². The van der Waals surface area contributed by atoms with Gasteiger partial charge in [0, 0.05) is 17.6 Å². The summed E-state index contributed by atoms with van der Waals surface area (Å²) in [5.74, 6) is 0.784. The molecule has 0 aliphatic heterocycles. The van der Waals surface area contributed by atoms with Gasteiger partial charge in [0.05, 0.1) is 7.11 Å². The second-order valence-corrected chi connectivity index (χ2v) is 4.38. The molecule has 2 N–H and O–H groups in total. The molecule has 0 unspecified atom stereocenters. The molecule has 1 aliphatic carbocycles. The Morgan fingerprint density at radius 2 is 2.20 bits per heavy atom. The summed E-state index contributed by atoms with van der Waals surface area (Å²) < 4.78 is 5.06. The van der Waals surface area contributed by atoms with Crippen LogP contribution in [0.1, 0.15) is 25.3 Å². The molecule has 15 heavy (non-hydrogen) atoms. The van der Waals surface area contributed by atoms with Crippen molar-refractivity contribution >= 4 is 0 Å². The van der Waals surface area contributed by atoms with E-state index in [1.807, 2.05) is 12.1 Å². The highest BCUT2D eigenvalue weighted by molar-refractivity contribution is 5.45. The van der Waals surface area contributed by atoms with Gasteiger partial charge in [0.2, 0.25) is 0 Å². The minimum absolute atomic E-state index is 0.247. The number of ether oxygens (including phenoxy) is 1. The minimum Gasteiger partial charge on any atom is -0.504 e. The molecular formula is C12H17NO2. The number of benzene rings is 1. The Hall–Kier alpha value is -1.22. The van der Waals surface area contributed by atoms with E-state index in [0.717, 1.165) is 5.56 Å². The number of methoxy groups -OCH3 is 1. The molecule has 0 saturated heterocycles. The standard InChI is InChI=1S/C12H17NO2/c1-12(6-7-12)13-8-9-4-3-5-10(15-2)11(9)14/h3-5,13-14H,6-8H2,1-2H3. The van der Waals surface area contributed by atoms with Crippen LogP contribution in [0.2, 0.25) is 0 Å². The molecule has 0 radical (unpaired) electrons. The minimum atomic E-state index is 0.247. The summed E-state index contributed by atoms with van der Waals surface area (Å²) in [6.07, 6.45) is 2.44. The SMILES string of the molecule is COc1cccc(CNC2(C)CC2)c1O. The van der Waals surface area contributed by atoms with E-state index in [2.05, 4.69) is 12.2 Å². The lowest BCUT2D eigenvalue weighted by atomic mass is 10.1. The lowest BCUT2D eigenvalue weighted by molar-refractivity contribution is 0.368. The molecular weight excluding hydrogens is 190 g/mol. The molecule has 1 aliphatic rings. The van der Waals surface area contributed by atoms with E-state index >= 15 is 0 Å². The Labute approximate surface area is 90.1 Å². The first-order chi connectivity index (χ1) is 7.14. The van der Waals surface area contributed by atoms with Crippen LogP contribution in [-0.4, -0.2) is 17.8 Å². The molecule has 82 valence electrons. The predicted molar refractivity (Wildman–Crippen MR) is 59.1 cm³/mol. The third-order valence-corrected chi connectivity index (χ3v) is 3.01. The van der Waals surface area contributed by atoms with Crippen LogP contribution in [0, 0.1) is 0 Å². The average molecular weight is 207 g/mol. The molecule has 0 bridgehead atoms. The summed E-state index contributed by atoms with van der Waals surface area (Å²) in [7, 11) is 1.56. The summed E-state index contributed by atoms with van der Waals surface area (Å²) in [4.78, 5) is 0. The molecule has 1 fully saturated rings. The van der Waals surface area contributed by atoms with Gasteiger partial charge in [0.1, 0.15) is 0 Å². The topological polar surface area (TPSA) is 41.5 Å². The molecule has 1 aromatic rings. The van der Waals surface area contributed by atoms with Gasteiger partial charge in [0.25, 0.3) is 0 Å². The van der Waals surface area contributed by atoms with Gasteiger partial charge in [-0.2, -0.15) is 0 Å². The normalized spacial score (nSPS) is 17.5. The summed E-state index contributed by atoms with van der Waals surface area (Å²) in [5.41, 5.74) is 1.18. The fourth-order valence-corrected chi connectivity index (χ4v) is 1.55. The van der Waals surface area contributed by atoms with Gasteiger partial charge < -0.3 is 15.2 Å². The Bertz CT molecular complexity index is 359. The Morgan fingerprint density at radius 1 is 1.47 bits per heavy atom. The average Bonchev–Trinajstić information content (AvgIpc) is 2.96. The zero-order valence-corrected chi connectivity index (χ0v) is 9.21. The summed E-state index contributed by atoms with van der Waals surface area (Å²) in [6, 6.07) is 5.57. The lowest BCUT2D eigenvalue weighted by Crippen LogP contribution is -2.26. The number of hydrogen-bond acceptors (Lipinski definition) is 3. The van der Waals surface area contributed by atoms with Crippen molar-refractivity contribution < 1.29 is 9.84 Å². The van der Waals surface area contributed by atoms with Crippen molar-refractivity contribution in [2.24, 2.45) is 0 Å². The molecule has 3 heteroatoms. The predicted octanol–water partition coefficient (Wildman–Crippen LogP) is 2.04. The van der Waals surface area contributed by atoms with E-state index < -0.39 is 0 Å². The zero-order valence-electron chi connectivity index (χ0n) is 9.21. The molecule has 3 nitrogen and oxygen atoms in total. The molecule has 0 heterocycles. The Morgan fingerprint density at radius 3 is 2.80 bits per heavy atom. The van der Waals surface area contributed by atoms with E-state index in [4.69, 9.17) is 4.74 Å². The monoisotopic (exact) mass is 207 g/mol. The second-order valence-electron chi connectivity index (χ2n) is 4.38. The van der Waals surface area contributed by atoms with E-state index in [1.165, 1.54) is 12.8 Å². The van der Waals surface area contributed by atoms with Gasteiger partial charge in [-0.3, -0.25) is 0 Å². The Kier molecular flexibility index (Phi) is 2.57. The maximum Gasteiger partial charge on any atom is 0.162 e. The fourth-order valence-electron chi connectivity index (χ4n) is 1.55.